The van der Waals surface area contributed by atoms with Crippen molar-refractivity contribution in [2.75, 3.05) is 17.2 Å². The summed E-state index contributed by atoms with van der Waals surface area (Å²) in [5.41, 5.74) is 2.63. The highest BCUT2D eigenvalue weighted by Gasteiger charge is 2.27. The molecule has 0 spiro atoms. The first-order chi connectivity index (χ1) is 15.5. The molecule has 1 fully saturated rings. The maximum atomic E-state index is 13.2. The summed E-state index contributed by atoms with van der Waals surface area (Å²) in [5, 5.41) is 17.9. The van der Waals surface area contributed by atoms with E-state index in [4.69, 9.17) is 0 Å². The van der Waals surface area contributed by atoms with Gasteiger partial charge in [0, 0.05) is 24.4 Å². The van der Waals surface area contributed by atoms with E-state index in [1.807, 2.05) is 12.1 Å². The number of rotatable bonds is 8. The molecule has 1 aliphatic carbocycles. The topological polar surface area (TPSA) is 142 Å². The minimum absolute atomic E-state index is 0.0900. The molecule has 4 N–H and O–H groups in total. The molecule has 0 aromatic carbocycles. The Labute approximate surface area is 184 Å². The van der Waals surface area contributed by atoms with Crippen molar-refractivity contribution in [2.24, 2.45) is 0 Å². The predicted octanol–water partition coefficient (Wildman–Crippen LogP) is 2.25. The molecule has 3 aromatic rings. The van der Waals surface area contributed by atoms with Crippen LogP contribution in [0.5, 0.6) is 0 Å². The smallest absolute Gasteiger partial charge is 0.276 e. The number of carbonyl (C=O) groups is 2. The second-order valence-electron chi connectivity index (χ2n) is 7.59. The van der Waals surface area contributed by atoms with Crippen LogP contribution in [0.3, 0.4) is 0 Å². The van der Waals surface area contributed by atoms with Gasteiger partial charge in [0.2, 0.25) is 0 Å². The molecular formula is C22H23N7O3. The minimum atomic E-state index is -0.691. The van der Waals surface area contributed by atoms with Crippen LogP contribution in [0.1, 0.15) is 52.2 Å². The highest BCUT2D eigenvalue weighted by Crippen LogP contribution is 2.39. The van der Waals surface area contributed by atoms with Crippen LogP contribution in [0.2, 0.25) is 0 Å². The molecule has 1 saturated carbocycles. The lowest BCUT2D eigenvalue weighted by Gasteiger charge is -2.14. The summed E-state index contributed by atoms with van der Waals surface area (Å²) in [6.45, 7) is 1.66. The molecule has 1 unspecified atom stereocenters. The monoisotopic (exact) mass is 433 g/mol. The Bertz CT molecular complexity index is 1120. The van der Waals surface area contributed by atoms with Crippen molar-refractivity contribution in [1.82, 2.24) is 25.3 Å². The number of carbonyl (C=O) groups excluding carboxylic acids is 2. The lowest BCUT2D eigenvalue weighted by atomic mass is 10.1. The van der Waals surface area contributed by atoms with E-state index < -0.39 is 17.9 Å². The van der Waals surface area contributed by atoms with Gasteiger partial charge in [0.25, 0.3) is 11.8 Å². The van der Waals surface area contributed by atoms with E-state index >= 15 is 0 Å². The first-order valence-corrected chi connectivity index (χ1v) is 10.3. The van der Waals surface area contributed by atoms with Gasteiger partial charge in [-0.25, -0.2) is 15.0 Å². The fourth-order valence-electron chi connectivity index (χ4n) is 3.08. The summed E-state index contributed by atoms with van der Waals surface area (Å²) in [5.74, 6) is -0.552. The first-order valence-electron chi connectivity index (χ1n) is 10.3. The van der Waals surface area contributed by atoms with E-state index in [-0.39, 0.29) is 23.5 Å². The number of aliphatic hydroxyl groups excluding tert-OH is 1. The van der Waals surface area contributed by atoms with Crippen LogP contribution in [0.4, 0.5) is 17.1 Å². The molecule has 164 valence electrons. The molecule has 0 aliphatic heterocycles. The summed E-state index contributed by atoms with van der Waals surface area (Å²) in [4.78, 5) is 42.3. The van der Waals surface area contributed by atoms with E-state index in [2.05, 4.69) is 35.9 Å². The van der Waals surface area contributed by atoms with Gasteiger partial charge in [0.1, 0.15) is 6.33 Å². The number of nitrogens with one attached hydrogen (secondary N) is 3. The average Bonchev–Trinajstić information content (AvgIpc) is 3.64. The van der Waals surface area contributed by atoms with Crippen molar-refractivity contribution in [1.29, 1.82) is 0 Å². The molecule has 4 rings (SSSR count). The van der Waals surface area contributed by atoms with Gasteiger partial charge in [-0.05, 0) is 38.0 Å². The zero-order valence-corrected chi connectivity index (χ0v) is 17.4. The van der Waals surface area contributed by atoms with Gasteiger partial charge in [-0.1, -0.05) is 0 Å². The molecular weight excluding hydrogens is 410 g/mol. The molecule has 32 heavy (non-hydrogen) atoms. The van der Waals surface area contributed by atoms with Gasteiger partial charge in [-0.3, -0.25) is 14.6 Å². The van der Waals surface area contributed by atoms with Crippen molar-refractivity contribution in [2.45, 2.75) is 31.8 Å². The number of pyridine rings is 2. The van der Waals surface area contributed by atoms with E-state index in [9.17, 15) is 14.7 Å². The van der Waals surface area contributed by atoms with Crippen LogP contribution < -0.4 is 16.0 Å². The molecule has 0 saturated heterocycles. The quantitative estimate of drug-likeness (QED) is 0.424. The standard InChI is InChI=1S/C22H23N7O3/c1-13(30)8-26-21(31)16-6-7-23-11-19(16)29-22(32)20-18(27-15-9-24-12-25-10-15)5-4-17(28-20)14-2-3-14/h4-7,9-14,27,30H,2-3,8H2,1H3,(H,26,31)(H,29,32). The average molecular weight is 433 g/mol. The van der Waals surface area contributed by atoms with Crippen molar-refractivity contribution < 1.29 is 14.7 Å². The van der Waals surface area contributed by atoms with Gasteiger partial charge < -0.3 is 21.1 Å². The molecule has 0 radical (unpaired) electrons. The van der Waals surface area contributed by atoms with Crippen LogP contribution in [0.25, 0.3) is 0 Å². The molecule has 10 heteroatoms. The Morgan fingerprint density at radius 3 is 2.56 bits per heavy atom. The van der Waals surface area contributed by atoms with Crippen molar-refractivity contribution >= 4 is 28.9 Å². The summed E-state index contributed by atoms with van der Waals surface area (Å²) in [6.07, 6.45) is 8.86. The largest absolute Gasteiger partial charge is 0.392 e. The third-order valence-corrected chi connectivity index (χ3v) is 4.84. The molecule has 1 aliphatic rings. The fraction of sp³-hybridized carbons (Fsp3) is 0.273. The number of aromatic nitrogens is 4. The summed E-state index contributed by atoms with van der Waals surface area (Å²) in [6, 6.07) is 5.21. The number of amides is 2. The Balaban J connectivity index is 1.60. The van der Waals surface area contributed by atoms with E-state index in [0.29, 0.717) is 17.3 Å². The third-order valence-electron chi connectivity index (χ3n) is 4.84. The lowest BCUT2D eigenvalue weighted by molar-refractivity contribution is 0.0925. The number of aliphatic hydroxyl groups is 1. The van der Waals surface area contributed by atoms with E-state index in [1.165, 1.54) is 24.8 Å². The Kier molecular flexibility index (Phi) is 6.31. The van der Waals surface area contributed by atoms with Crippen LogP contribution in [-0.4, -0.2) is 49.5 Å². The molecule has 0 bridgehead atoms. The number of anilines is 3. The maximum Gasteiger partial charge on any atom is 0.276 e. The first kappa shape index (κ1) is 21.3. The number of hydrogen-bond donors (Lipinski definition) is 4. The number of hydrogen-bond acceptors (Lipinski definition) is 8. The van der Waals surface area contributed by atoms with Gasteiger partial charge >= 0.3 is 0 Å². The van der Waals surface area contributed by atoms with Crippen LogP contribution in [0, 0.1) is 0 Å². The number of nitrogens with zero attached hydrogens (tertiary/aromatic N) is 4. The van der Waals surface area contributed by atoms with Gasteiger partial charge in [0.15, 0.2) is 5.69 Å². The van der Waals surface area contributed by atoms with Crippen LogP contribution in [-0.2, 0) is 0 Å². The van der Waals surface area contributed by atoms with Gasteiger partial charge in [-0.15, -0.1) is 0 Å². The molecule has 3 heterocycles. The molecule has 2 amide bonds. The summed E-state index contributed by atoms with van der Waals surface area (Å²) < 4.78 is 0. The van der Waals surface area contributed by atoms with Gasteiger partial charge in [0.05, 0.1) is 47.3 Å². The Morgan fingerprint density at radius 2 is 1.84 bits per heavy atom. The predicted molar refractivity (Wildman–Crippen MR) is 118 cm³/mol. The zero-order valence-electron chi connectivity index (χ0n) is 17.4. The maximum absolute atomic E-state index is 13.2. The second kappa shape index (κ2) is 9.48. The Morgan fingerprint density at radius 1 is 1.06 bits per heavy atom. The Hall–Kier alpha value is -3.92. The second-order valence-corrected chi connectivity index (χ2v) is 7.59. The van der Waals surface area contributed by atoms with E-state index in [0.717, 1.165) is 18.5 Å². The molecule has 1 atom stereocenters. The minimum Gasteiger partial charge on any atom is -0.392 e. The van der Waals surface area contributed by atoms with Crippen LogP contribution >= 0.6 is 0 Å². The van der Waals surface area contributed by atoms with Crippen molar-refractivity contribution in [3.63, 3.8) is 0 Å². The normalized spacial score (nSPS) is 13.8. The SMILES string of the molecule is CC(O)CNC(=O)c1ccncc1NC(=O)c1nc(C2CC2)ccc1Nc1cncnc1. The zero-order chi connectivity index (χ0) is 22.5. The fourth-order valence-corrected chi connectivity index (χ4v) is 3.08. The summed E-state index contributed by atoms with van der Waals surface area (Å²) in [7, 11) is 0. The van der Waals surface area contributed by atoms with Crippen molar-refractivity contribution in [3.05, 3.63) is 66.3 Å². The highest BCUT2D eigenvalue weighted by molar-refractivity contribution is 6.10. The molecule has 3 aromatic heterocycles. The lowest BCUT2D eigenvalue weighted by Crippen LogP contribution is -2.31. The van der Waals surface area contributed by atoms with Crippen molar-refractivity contribution in [3.8, 4) is 0 Å². The van der Waals surface area contributed by atoms with Crippen LogP contribution in [0.15, 0.2) is 49.3 Å². The summed E-state index contributed by atoms with van der Waals surface area (Å²) >= 11 is 0. The third kappa shape index (κ3) is 5.22. The molecule has 10 nitrogen and oxygen atoms in total. The van der Waals surface area contributed by atoms with E-state index in [1.54, 1.807) is 19.3 Å². The van der Waals surface area contributed by atoms with Gasteiger partial charge in [-0.2, -0.15) is 0 Å². The highest BCUT2D eigenvalue weighted by atomic mass is 16.3.